The zero-order valence-electron chi connectivity index (χ0n) is 39.7. The quantitative estimate of drug-likeness (QED) is 0.0334. The number of nitrogens with zero attached hydrogens (tertiary/aromatic N) is 6. The van der Waals surface area contributed by atoms with Gasteiger partial charge in [0.05, 0.1) is 21.4 Å². The van der Waals surface area contributed by atoms with E-state index in [2.05, 4.69) is 46.4 Å². The minimum atomic E-state index is -2.49. The normalized spacial score (nSPS) is 21.2. The van der Waals surface area contributed by atoms with Crippen molar-refractivity contribution in [1.82, 2.24) is 19.9 Å². The number of carbonyl (C=O) groups is 1. The molecule has 3 aromatic carbocycles. The molecule has 0 unspecified atom stereocenters. The molecule has 5 heterocycles. The second-order valence-corrected chi connectivity index (χ2v) is 25.4. The lowest BCUT2D eigenvalue weighted by Crippen LogP contribution is -2.50. The van der Waals surface area contributed by atoms with Gasteiger partial charge in [-0.25, -0.2) is 13.6 Å². The Balaban J connectivity index is 1.21. The molecule has 0 bridgehead atoms. The molecule has 0 saturated carbocycles. The third-order valence-corrected chi connectivity index (χ3v) is 20.8. The Bertz CT molecular complexity index is 2700. The van der Waals surface area contributed by atoms with Gasteiger partial charge in [-0.15, -0.1) is 0 Å². The fourth-order valence-corrected chi connectivity index (χ4v) is 17.1. The van der Waals surface area contributed by atoms with Crippen LogP contribution in [0.5, 0.6) is 17.5 Å². The van der Waals surface area contributed by atoms with Gasteiger partial charge in [0.15, 0.2) is 5.82 Å². The van der Waals surface area contributed by atoms with Gasteiger partial charge < -0.3 is 29.0 Å². The zero-order valence-corrected chi connectivity index (χ0v) is 40.7. The van der Waals surface area contributed by atoms with Crippen molar-refractivity contribution < 1.29 is 42.6 Å². The average Bonchev–Trinajstić information content (AvgIpc) is 3.84. The molecule has 0 amide bonds. The van der Waals surface area contributed by atoms with Crippen molar-refractivity contribution in [2.24, 2.45) is 0 Å². The number of hydrogen-bond acceptors (Lipinski definition) is 12. The maximum absolute atomic E-state index is 17.9. The van der Waals surface area contributed by atoms with E-state index in [1.54, 1.807) is 19.2 Å². The van der Waals surface area contributed by atoms with E-state index in [0.717, 1.165) is 25.8 Å². The van der Waals surface area contributed by atoms with Crippen LogP contribution < -0.4 is 18.8 Å². The summed E-state index contributed by atoms with van der Waals surface area (Å²) >= 11 is 0. The van der Waals surface area contributed by atoms with Crippen molar-refractivity contribution in [2.75, 3.05) is 31.1 Å². The number of benzene rings is 3. The van der Waals surface area contributed by atoms with Crippen molar-refractivity contribution >= 4 is 47.7 Å². The lowest BCUT2D eigenvalue weighted by Gasteiger charge is -2.42. The van der Waals surface area contributed by atoms with E-state index < -0.39 is 42.2 Å². The van der Waals surface area contributed by atoms with Gasteiger partial charge in [-0.1, -0.05) is 54.5 Å². The van der Waals surface area contributed by atoms with Crippen molar-refractivity contribution in [3.05, 3.63) is 81.5 Å². The number of halogens is 2. The number of carboxylic acid groups (broad SMARTS) is 1. The molecule has 8 rings (SSSR count). The lowest BCUT2D eigenvalue weighted by atomic mass is 9.94. The summed E-state index contributed by atoms with van der Waals surface area (Å²) in [6, 6.07) is 10.7. The molecule has 0 spiro atoms. The number of aryl methyl sites for hydroxylation is 1. The van der Waals surface area contributed by atoms with Crippen molar-refractivity contribution in [2.45, 2.75) is 141 Å². The molecule has 5 aromatic rings. The van der Waals surface area contributed by atoms with Gasteiger partial charge in [0.1, 0.15) is 41.0 Å². The highest BCUT2D eigenvalue weighted by Crippen LogP contribution is 2.47. The largest absolute Gasteiger partial charge is 0.543 e. The molecule has 17 heteroatoms. The molecule has 0 radical (unpaired) electrons. The first kappa shape index (κ1) is 48.0. The Morgan fingerprint density at radius 1 is 1.00 bits per heavy atom. The summed E-state index contributed by atoms with van der Waals surface area (Å²) in [4.78, 5) is 41.4. The second-order valence-electron chi connectivity index (χ2n) is 20.0. The van der Waals surface area contributed by atoms with E-state index in [1.807, 2.05) is 24.0 Å². The number of pyridine rings is 1. The Morgan fingerprint density at radius 3 is 2.40 bits per heavy atom. The number of nitro benzene ring substituents is 1. The van der Waals surface area contributed by atoms with Gasteiger partial charge in [0.2, 0.25) is 0 Å². The minimum absolute atomic E-state index is 0.0120. The molecular formula is C50H62F2N6O8Si. The SMILES string of the molecule is CCc1c(F)ccc2cc(O[Si](C(C)C)(C(C)C)C(C)C)cc(-c3ncc4c(N5CCC[C@@](C)(O)C5)nc(OC[C@@]56CCCN5[C@H](Cc5cc([N+](=O)[O-])ccc5OC(=O)O)CC6)nc4c3F)c12. The molecule has 3 fully saturated rings. The predicted octanol–water partition coefficient (Wildman–Crippen LogP) is 11.2. The van der Waals surface area contributed by atoms with E-state index in [9.17, 15) is 25.1 Å². The third-order valence-electron chi connectivity index (χ3n) is 14.8. The van der Waals surface area contributed by atoms with Crippen LogP contribution in [0.4, 0.5) is 25.1 Å². The molecule has 3 atom stereocenters. The summed E-state index contributed by atoms with van der Waals surface area (Å²) < 4.78 is 52.4. The van der Waals surface area contributed by atoms with Gasteiger partial charge in [0, 0.05) is 48.6 Å². The maximum Gasteiger partial charge on any atom is 0.511 e. The standard InChI is InChI=1S/C50H62F2N6O8Si/c1-9-37-40(51)14-12-32-24-36(66-67(29(2)3,30(4)5)31(6)7)25-38(42(32)37)44-43(52)45-39(26-53-44)46(56-20-10-17-49(8,61)27-56)55-47(54-45)64-28-50-18-11-21-57(50)34(16-19-50)22-33-23-35(58(62)63)13-15-41(33)65-48(59)60/h12-15,23-26,29-31,34,61H,9-11,16-22,27-28H2,1-8H3,(H,59,60)/t34-,49+,50-/m0/s1. The Hall–Kier alpha value is -5.52. The van der Waals surface area contributed by atoms with Gasteiger partial charge in [-0.2, -0.15) is 9.97 Å². The lowest BCUT2D eigenvalue weighted by molar-refractivity contribution is -0.384. The van der Waals surface area contributed by atoms with Crippen LogP contribution in [-0.4, -0.2) is 92.9 Å². The van der Waals surface area contributed by atoms with E-state index in [1.165, 1.54) is 24.3 Å². The molecule has 14 nitrogen and oxygen atoms in total. The molecular weight excluding hydrogens is 879 g/mol. The third kappa shape index (κ3) is 9.01. The van der Waals surface area contributed by atoms with Crippen LogP contribution in [0.1, 0.15) is 105 Å². The van der Waals surface area contributed by atoms with Gasteiger partial charge in [-0.05, 0) is 122 Å². The number of fused-ring (bicyclic) bond motifs is 3. The van der Waals surface area contributed by atoms with E-state index >= 15 is 8.78 Å². The summed E-state index contributed by atoms with van der Waals surface area (Å²) in [5.41, 5.74) is 0.342. The fourth-order valence-electron chi connectivity index (χ4n) is 11.9. The van der Waals surface area contributed by atoms with Crippen LogP contribution in [0.15, 0.2) is 48.7 Å². The number of anilines is 1. The molecule has 67 heavy (non-hydrogen) atoms. The van der Waals surface area contributed by atoms with Crippen LogP contribution in [0, 0.1) is 21.7 Å². The second kappa shape index (κ2) is 18.5. The Labute approximate surface area is 391 Å². The van der Waals surface area contributed by atoms with Crippen LogP contribution in [-0.2, 0) is 12.8 Å². The Kier molecular flexibility index (Phi) is 13.3. The highest BCUT2D eigenvalue weighted by atomic mass is 28.4. The number of ether oxygens (including phenoxy) is 2. The van der Waals surface area contributed by atoms with Gasteiger partial charge in [0.25, 0.3) is 14.0 Å². The molecule has 3 aliphatic heterocycles. The molecule has 358 valence electrons. The first-order valence-corrected chi connectivity index (χ1v) is 25.8. The van der Waals surface area contributed by atoms with Crippen LogP contribution >= 0.6 is 0 Å². The van der Waals surface area contributed by atoms with E-state index in [0.29, 0.717) is 83.1 Å². The van der Waals surface area contributed by atoms with Crippen LogP contribution in [0.25, 0.3) is 32.9 Å². The number of β-amino-alcohol motifs (C(OH)–C–C–N with tert-alkyl or cyclic N) is 1. The number of aromatic nitrogens is 3. The van der Waals surface area contributed by atoms with Crippen LogP contribution in [0.3, 0.4) is 0 Å². The fraction of sp³-hybridized carbons (Fsp3) is 0.520. The van der Waals surface area contributed by atoms with Crippen molar-refractivity contribution in [3.63, 3.8) is 0 Å². The molecule has 0 aliphatic carbocycles. The summed E-state index contributed by atoms with van der Waals surface area (Å²) in [5, 5.41) is 33.9. The first-order chi connectivity index (χ1) is 31.8. The van der Waals surface area contributed by atoms with E-state index in [-0.39, 0.29) is 64.5 Å². The molecule has 3 aliphatic rings. The maximum atomic E-state index is 17.9. The number of hydrogen-bond donors (Lipinski definition) is 2. The Morgan fingerprint density at radius 2 is 1.73 bits per heavy atom. The minimum Gasteiger partial charge on any atom is -0.543 e. The topological polar surface area (TPSA) is 174 Å². The summed E-state index contributed by atoms with van der Waals surface area (Å²) in [7, 11) is -2.49. The number of nitro groups is 1. The smallest absolute Gasteiger partial charge is 0.511 e. The summed E-state index contributed by atoms with van der Waals surface area (Å²) in [6.45, 7) is 18.5. The van der Waals surface area contributed by atoms with Crippen molar-refractivity contribution in [3.8, 4) is 28.8 Å². The van der Waals surface area contributed by atoms with E-state index in [4.69, 9.17) is 28.9 Å². The number of rotatable bonds is 15. The zero-order chi connectivity index (χ0) is 48.2. The van der Waals surface area contributed by atoms with Gasteiger partial charge >= 0.3 is 12.2 Å². The molecule has 2 aromatic heterocycles. The molecule has 3 saturated heterocycles. The number of non-ortho nitro benzene ring substituents is 1. The average molecular weight is 941 g/mol. The summed E-state index contributed by atoms with van der Waals surface area (Å²) in [6.07, 6.45) is 5.05. The summed E-state index contributed by atoms with van der Waals surface area (Å²) in [5.74, 6) is -0.112. The highest BCUT2D eigenvalue weighted by molar-refractivity contribution is 6.78. The first-order valence-electron chi connectivity index (χ1n) is 23.6. The molecule has 2 N–H and O–H groups in total. The number of aliphatic hydroxyl groups is 1. The predicted molar refractivity (Wildman–Crippen MR) is 256 cm³/mol. The van der Waals surface area contributed by atoms with Gasteiger partial charge in [-0.3, -0.25) is 20.0 Å². The van der Waals surface area contributed by atoms with Crippen molar-refractivity contribution in [1.29, 1.82) is 0 Å². The monoisotopic (exact) mass is 940 g/mol. The highest BCUT2D eigenvalue weighted by Gasteiger charge is 2.50. The van der Waals surface area contributed by atoms with Crippen LogP contribution in [0.2, 0.25) is 16.6 Å². The number of piperidine rings is 1.